The first-order valence-corrected chi connectivity index (χ1v) is 5.92. The van der Waals surface area contributed by atoms with Gasteiger partial charge >= 0.3 is 0 Å². The number of aryl methyl sites for hydroxylation is 1. The van der Waals surface area contributed by atoms with Crippen molar-refractivity contribution in [2.45, 2.75) is 33.7 Å². The van der Waals surface area contributed by atoms with Gasteiger partial charge < -0.3 is 5.73 Å². The minimum atomic E-state index is 0.108. The summed E-state index contributed by atoms with van der Waals surface area (Å²) in [6.45, 7) is 8.63. The van der Waals surface area contributed by atoms with Gasteiger partial charge in [-0.15, -0.1) is 0 Å². The van der Waals surface area contributed by atoms with Crippen LogP contribution in [0.25, 0.3) is 0 Å². The van der Waals surface area contributed by atoms with Gasteiger partial charge in [-0.25, -0.2) is 0 Å². The van der Waals surface area contributed by atoms with Gasteiger partial charge in [0.2, 0.25) is 0 Å². The Labute approximate surface area is 100 Å². The van der Waals surface area contributed by atoms with Crippen LogP contribution >= 0.6 is 22.6 Å². The summed E-state index contributed by atoms with van der Waals surface area (Å²) in [5, 5.41) is 0. The minimum absolute atomic E-state index is 0.108. The molecule has 0 aliphatic rings. The Morgan fingerprint density at radius 2 is 1.86 bits per heavy atom. The highest BCUT2D eigenvalue weighted by molar-refractivity contribution is 14.1. The van der Waals surface area contributed by atoms with Gasteiger partial charge in [0.15, 0.2) is 0 Å². The second-order valence-electron chi connectivity index (χ2n) is 4.85. The fourth-order valence-corrected chi connectivity index (χ4v) is 1.84. The molecule has 1 aromatic rings. The summed E-state index contributed by atoms with van der Waals surface area (Å²) in [4.78, 5) is 0. The van der Waals surface area contributed by atoms with Crippen molar-refractivity contribution in [2.24, 2.45) is 11.1 Å². The molecule has 1 nitrogen and oxygen atoms in total. The van der Waals surface area contributed by atoms with E-state index in [1.54, 1.807) is 0 Å². The molecule has 1 rings (SSSR count). The Bertz CT molecular complexity index is 326. The van der Waals surface area contributed by atoms with Gasteiger partial charge in [-0.1, -0.05) is 32.9 Å². The molecule has 0 aliphatic heterocycles. The highest BCUT2D eigenvalue weighted by Gasteiger charge is 2.22. The zero-order valence-corrected chi connectivity index (χ0v) is 11.4. The lowest BCUT2D eigenvalue weighted by Crippen LogP contribution is -2.26. The zero-order valence-electron chi connectivity index (χ0n) is 9.26. The van der Waals surface area contributed by atoms with Gasteiger partial charge in [-0.05, 0) is 52.1 Å². The van der Waals surface area contributed by atoms with Crippen LogP contribution in [0.15, 0.2) is 18.2 Å². The molecule has 0 saturated heterocycles. The first kappa shape index (κ1) is 12.0. The fraction of sp³-hybridized carbons (Fsp3) is 0.500. The summed E-state index contributed by atoms with van der Waals surface area (Å²) in [6, 6.07) is 6.57. The summed E-state index contributed by atoms with van der Waals surface area (Å²) in [5.74, 6) is 0. The topological polar surface area (TPSA) is 26.0 Å². The van der Waals surface area contributed by atoms with E-state index in [1.165, 1.54) is 14.7 Å². The molecule has 0 aliphatic carbocycles. The number of hydrogen-bond acceptors (Lipinski definition) is 1. The predicted octanol–water partition coefficient (Wildman–Crippen LogP) is 3.65. The average molecular weight is 303 g/mol. The molecule has 0 aromatic heterocycles. The zero-order chi connectivity index (χ0) is 10.9. The molecule has 2 N–H and O–H groups in total. The molecule has 0 radical (unpaired) electrons. The molecule has 0 amide bonds. The van der Waals surface area contributed by atoms with Crippen molar-refractivity contribution in [3.63, 3.8) is 0 Å². The molecule has 0 fully saturated rings. The molecule has 1 aromatic carbocycles. The molecular weight excluding hydrogens is 285 g/mol. The van der Waals surface area contributed by atoms with E-state index in [0.29, 0.717) is 0 Å². The van der Waals surface area contributed by atoms with Crippen molar-refractivity contribution >= 4 is 22.6 Å². The van der Waals surface area contributed by atoms with Crippen LogP contribution in [0.3, 0.4) is 0 Å². The van der Waals surface area contributed by atoms with E-state index < -0.39 is 0 Å². The highest BCUT2D eigenvalue weighted by Crippen LogP contribution is 2.31. The Kier molecular flexibility index (Phi) is 3.58. The number of nitrogens with two attached hydrogens (primary N) is 1. The number of rotatable bonds is 1. The van der Waals surface area contributed by atoms with E-state index in [-0.39, 0.29) is 11.5 Å². The molecule has 0 saturated carbocycles. The van der Waals surface area contributed by atoms with E-state index >= 15 is 0 Å². The molecule has 1 atom stereocenters. The lowest BCUT2D eigenvalue weighted by molar-refractivity contribution is 0.327. The molecule has 0 spiro atoms. The molecule has 14 heavy (non-hydrogen) atoms. The van der Waals surface area contributed by atoms with E-state index in [2.05, 4.69) is 68.5 Å². The van der Waals surface area contributed by atoms with Crippen LogP contribution in [0.2, 0.25) is 0 Å². The third-order valence-electron chi connectivity index (χ3n) is 2.49. The third kappa shape index (κ3) is 2.70. The SMILES string of the molecule is Cc1ccc([C@@H](N)C(C)(C)C)cc1I. The van der Waals surface area contributed by atoms with Crippen LogP contribution in [0, 0.1) is 15.9 Å². The van der Waals surface area contributed by atoms with Crippen LogP contribution in [-0.4, -0.2) is 0 Å². The Morgan fingerprint density at radius 3 is 2.29 bits per heavy atom. The van der Waals surface area contributed by atoms with Crippen LogP contribution in [0.5, 0.6) is 0 Å². The van der Waals surface area contributed by atoms with Crippen molar-refractivity contribution in [1.29, 1.82) is 0 Å². The van der Waals surface area contributed by atoms with Crippen molar-refractivity contribution in [3.8, 4) is 0 Å². The summed E-state index contributed by atoms with van der Waals surface area (Å²) in [6.07, 6.45) is 0. The van der Waals surface area contributed by atoms with Crippen LogP contribution in [-0.2, 0) is 0 Å². The summed E-state index contributed by atoms with van der Waals surface area (Å²) in [7, 11) is 0. The van der Waals surface area contributed by atoms with Crippen molar-refractivity contribution in [2.75, 3.05) is 0 Å². The van der Waals surface area contributed by atoms with E-state index in [1.807, 2.05) is 0 Å². The lowest BCUT2D eigenvalue weighted by Gasteiger charge is -2.27. The van der Waals surface area contributed by atoms with Gasteiger partial charge in [0.1, 0.15) is 0 Å². The normalized spacial score (nSPS) is 14.1. The first-order chi connectivity index (χ1) is 6.32. The van der Waals surface area contributed by atoms with Gasteiger partial charge in [-0.2, -0.15) is 0 Å². The van der Waals surface area contributed by atoms with Crippen LogP contribution in [0.1, 0.15) is 37.9 Å². The third-order valence-corrected chi connectivity index (χ3v) is 3.65. The number of hydrogen-bond donors (Lipinski definition) is 1. The maximum atomic E-state index is 6.19. The Hall–Kier alpha value is -0.0900. The summed E-state index contributed by atoms with van der Waals surface area (Å²) < 4.78 is 1.29. The van der Waals surface area contributed by atoms with Gasteiger partial charge in [0.05, 0.1) is 0 Å². The molecule has 78 valence electrons. The summed E-state index contributed by atoms with van der Waals surface area (Å²) in [5.41, 5.74) is 8.86. The van der Waals surface area contributed by atoms with E-state index in [9.17, 15) is 0 Å². The van der Waals surface area contributed by atoms with E-state index in [0.717, 1.165) is 0 Å². The van der Waals surface area contributed by atoms with Crippen molar-refractivity contribution in [1.82, 2.24) is 0 Å². The fourth-order valence-electron chi connectivity index (χ4n) is 1.30. The van der Waals surface area contributed by atoms with Gasteiger partial charge in [-0.3, -0.25) is 0 Å². The quantitative estimate of drug-likeness (QED) is 0.788. The average Bonchev–Trinajstić information content (AvgIpc) is 2.07. The Balaban J connectivity index is 3.03. The predicted molar refractivity (Wildman–Crippen MR) is 70.3 cm³/mol. The summed E-state index contributed by atoms with van der Waals surface area (Å²) >= 11 is 2.36. The second kappa shape index (κ2) is 4.19. The van der Waals surface area contributed by atoms with E-state index in [4.69, 9.17) is 5.73 Å². The first-order valence-electron chi connectivity index (χ1n) is 4.84. The van der Waals surface area contributed by atoms with Crippen LogP contribution < -0.4 is 5.73 Å². The molecule has 2 heteroatoms. The largest absolute Gasteiger partial charge is 0.324 e. The minimum Gasteiger partial charge on any atom is -0.324 e. The van der Waals surface area contributed by atoms with Gasteiger partial charge in [0.25, 0.3) is 0 Å². The van der Waals surface area contributed by atoms with Crippen molar-refractivity contribution < 1.29 is 0 Å². The standard InChI is InChI=1S/C12H18IN/c1-8-5-6-9(7-10(8)13)11(14)12(2,3)4/h5-7,11H,14H2,1-4H3/t11-/m1/s1. The molecule has 0 heterocycles. The number of halogens is 1. The maximum Gasteiger partial charge on any atom is 0.0344 e. The smallest absolute Gasteiger partial charge is 0.0344 e. The number of benzene rings is 1. The maximum absolute atomic E-state index is 6.19. The van der Waals surface area contributed by atoms with Gasteiger partial charge in [0, 0.05) is 9.61 Å². The van der Waals surface area contributed by atoms with Crippen LogP contribution in [0.4, 0.5) is 0 Å². The molecule has 0 unspecified atom stereocenters. The lowest BCUT2D eigenvalue weighted by atomic mass is 9.83. The highest BCUT2D eigenvalue weighted by atomic mass is 127. The monoisotopic (exact) mass is 303 g/mol. The van der Waals surface area contributed by atoms with Crippen molar-refractivity contribution in [3.05, 3.63) is 32.9 Å². The molecular formula is C12H18IN. The second-order valence-corrected chi connectivity index (χ2v) is 6.01. The molecule has 0 bridgehead atoms. The Morgan fingerprint density at radius 1 is 1.29 bits per heavy atom.